The van der Waals surface area contributed by atoms with Gasteiger partial charge < -0.3 is 14.8 Å². The lowest BCUT2D eigenvalue weighted by molar-refractivity contribution is -0.139. The fourth-order valence-corrected chi connectivity index (χ4v) is 3.06. The minimum absolute atomic E-state index is 0.0262. The molecule has 0 aromatic carbocycles. The third-order valence-electron chi connectivity index (χ3n) is 4.48. The number of likely N-dealkylation sites (N-methyl/N-ethyl adjacent to an activating group) is 1. The van der Waals surface area contributed by atoms with Gasteiger partial charge in [-0.1, -0.05) is 0 Å². The van der Waals surface area contributed by atoms with Crippen LogP contribution in [0.3, 0.4) is 0 Å². The van der Waals surface area contributed by atoms with Crippen LogP contribution in [0.1, 0.15) is 26.1 Å². The molecule has 128 valence electrons. The molecule has 2 rings (SSSR count). The highest BCUT2D eigenvalue weighted by atomic mass is 16.2. The van der Waals surface area contributed by atoms with Crippen LogP contribution in [0.25, 0.3) is 0 Å². The summed E-state index contributed by atoms with van der Waals surface area (Å²) in [5.41, 5.74) is 0. The Morgan fingerprint density at radius 2 is 2.13 bits per heavy atom. The molecule has 1 fully saturated rings. The minimum atomic E-state index is -0.271. The Labute approximate surface area is 137 Å². The Balaban J connectivity index is 1.96. The normalized spacial score (nSPS) is 19.2. The zero-order valence-electron chi connectivity index (χ0n) is 14.5. The van der Waals surface area contributed by atoms with E-state index in [1.807, 2.05) is 22.6 Å². The van der Waals surface area contributed by atoms with Crippen molar-refractivity contribution in [1.82, 2.24) is 24.7 Å². The standard InChI is InChI=1S/C16H27N5O2/c1-12(2)21-10-9-20(11-14(21)16(23)17-4)15(22)5-7-19-8-6-18-13(19)3/h6,8,12,14H,5,7,9-11H2,1-4H3,(H,17,23)/t14-/m1/s1. The highest BCUT2D eigenvalue weighted by Gasteiger charge is 2.34. The van der Waals surface area contributed by atoms with Crippen molar-refractivity contribution in [3.63, 3.8) is 0 Å². The van der Waals surface area contributed by atoms with Crippen molar-refractivity contribution in [3.8, 4) is 0 Å². The summed E-state index contributed by atoms with van der Waals surface area (Å²) in [5, 5.41) is 2.71. The average Bonchev–Trinajstić information content (AvgIpc) is 2.96. The number of carbonyl (C=O) groups excluding carboxylic acids is 2. The van der Waals surface area contributed by atoms with Crippen LogP contribution in [0.2, 0.25) is 0 Å². The first-order valence-corrected chi connectivity index (χ1v) is 8.17. The second-order valence-corrected chi connectivity index (χ2v) is 6.22. The zero-order valence-corrected chi connectivity index (χ0v) is 14.5. The van der Waals surface area contributed by atoms with Crippen LogP contribution in [-0.4, -0.2) is 69.9 Å². The summed E-state index contributed by atoms with van der Waals surface area (Å²) in [5.74, 6) is 0.975. The monoisotopic (exact) mass is 321 g/mol. The van der Waals surface area contributed by atoms with E-state index in [1.165, 1.54) is 0 Å². The lowest BCUT2D eigenvalue weighted by atomic mass is 10.1. The Morgan fingerprint density at radius 3 is 2.70 bits per heavy atom. The van der Waals surface area contributed by atoms with Gasteiger partial charge in [-0.2, -0.15) is 0 Å². The zero-order chi connectivity index (χ0) is 17.0. The molecule has 0 bridgehead atoms. The Bertz CT molecular complexity index is 554. The molecule has 0 radical (unpaired) electrons. The van der Waals surface area contributed by atoms with E-state index in [9.17, 15) is 9.59 Å². The third kappa shape index (κ3) is 4.10. The summed E-state index contributed by atoms with van der Waals surface area (Å²) in [6, 6.07) is 0.0100. The van der Waals surface area contributed by atoms with Crippen LogP contribution < -0.4 is 5.32 Å². The van der Waals surface area contributed by atoms with E-state index in [0.717, 1.165) is 12.4 Å². The van der Waals surface area contributed by atoms with Crippen molar-refractivity contribution in [2.45, 2.75) is 45.8 Å². The summed E-state index contributed by atoms with van der Waals surface area (Å²) >= 11 is 0. The van der Waals surface area contributed by atoms with Crippen molar-refractivity contribution < 1.29 is 9.59 Å². The Hall–Kier alpha value is -1.89. The van der Waals surface area contributed by atoms with Crippen LogP contribution in [-0.2, 0) is 16.1 Å². The number of carbonyl (C=O) groups is 2. The first kappa shape index (κ1) is 17.5. The number of imidazole rings is 1. The molecule has 7 nitrogen and oxygen atoms in total. The fraction of sp³-hybridized carbons (Fsp3) is 0.688. The molecule has 1 aliphatic rings. The minimum Gasteiger partial charge on any atom is -0.358 e. The van der Waals surface area contributed by atoms with Crippen molar-refractivity contribution in [1.29, 1.82) is 0 Å². The van der Waals surface area contributed by atoms with E-state index >= 15 is 0 Å². The van der Waals surface area contributed by atoms with Gasteiger partial charge in [0, 0.05) is 58.1 Å². The van der Waals surface area contributed by atoms with Crippen LogP contribution in [0.5, 0.6) is 0 Å². The Morgan fingerprint density at radius 1 is 1.39 bits per heavy atom. The molecule has 2 heterocycles. The van der Waals surface area contributed by atoms with Crippen molar-refractivity contribution in [2.75, 3.05) is 26.7 Å². The van der Waals surface area contributed by atoms with Gasteiger partial charge in [0.1, 0.15) is 11.9 Å². The first-order chi connectivity index (χ1) is 10.9. The van der Waals surface area contributed by atoms with Gasteiger partial charge in [0.2, 0.25) is 11.8 Å². The number of rotatable bonds is 5. The average molecular weight is 321 g/mol. The summed E-state index contributed by atoms with van der Waals surface area (Å²) in [4.78, 5) is 32.7. The molecule has 0 aliphatic carbocycles. The molecule has 1 aliphatic heterocycles. The molecular weight excluding hydrogens is 294 g/mol. The van der Waals surface area contributed by atoms with Gasteiger partial charge in [-0.25, -0.2) is 4.98 Å². The number of aromatic nitrogens is 2. The third-order valence-corrected chi connectivity index (χ3v) is 4.48. The smallest absolute Gasteiger partial charge is 0.238 e. The summed E-state index contributed by atoms with van der Waals surface area (Å²) in [6.07, 6.45) is 4.05. The number of aryl methyl sites for hydroxylation is 2. The molecule has 1 aromatic heterocycles. The number of nitrogens with zero attached hydrogens (tertiary/aromatic N) is 4. The van der Waals surface area contributed by atoms with Crippen LogP contribution in [0.4, 0.5) is 0 Å². The van der Waals surface area contributed by atoms with Crippen LogP contribution >= 0.6 is 0 Å². The Kier molecular flexibility index (Phi) is 5.76. The molecule has 1 aromatic rings. The molecule has 1 saturated heterocycles. The van der Waals surface area contributed by atoms with E-state index in [1.54, 1.807) is 13.2 Å². The van der Waals surface area contributed by atoms with E-state index in [2.05, 4.69) is 29.0 Å². The summed E-state index contributed by atoms with van der Waals surface area (Å²) < 4.78 is 1.97. The fourth-order valence-electron chi connectivity index (χ4n) is 3.06. The molecule has 1 atom stereocenters. The second kappa shape index (κ2) is 7.59. The number of nitrogens with one attached hydrogen (secondary N) is 1. The predicted octanol–water partition coefficient (Wildman–Crippen LogP) is 0.249. The van der Waals surface area contributed by atoms with Gasteiger partial charge in [-0.3, -0.25) is 14.5 Å². The molecule has 2 amide bonds. The highest BCUT2D eigenvalue weighted by Crippen LogP contribution is 2.15. The number of hydrogen-bond acceptors (Lipinski definition) is 4. The van der Waals surface area contributed by atoms with Crippen molar-refractivity contribution in [2.24, 2.45) is 0 Å². The van der Waals surface area contributed by atoms with Gasteiger partial charge in [-0.15, -0.1) is 0 Å². The van der Waals surface area contributed by atoms with Gasteiger partial charge in [0.25, 0.3) is 0 Å². The van der Waals surface area contributed by atoms with Gasteiger partial charge in [0.05, 0.1) is 0 Å². The highest BCUT2D eigenvalue weighted by molar-refractivity contribution is 5.83. The number of amides is 2. The molecule has 0 spiro atoms. The number of piperazine rings is 1. The van der Waals surface area contributed by atoms with Gasteiger partial charge >= 0.3 is 0 Å². The predicted molar refractivity (Wildman–Crippen MR) is 87.9 cm³/mol. The molecule has 23 heavy (non-hydrogen) atoms. The van der Waals surface area contributed by atoms with E-state index in [4.69, 9.17) is 0 Å². The van der Waals surface area contributed by atoms with Gasteiger partial charge in [0.15, 0.2) is 0 Å². The topological polar surface area (TPSA) is 70.5 Å². The van der Waals surface area contributed by atoms with Crippen LogP contribution in [0, 0.1) is 6.92 Å². The SMILES string of the molecule is CNC(=O)[C@H]1CN(C(=O)CCn2ccnc2C)CCN1C(C)C. The second-order valence-electron chi connectivity index (χ2n) is 6.22. The lowest BCUT2D eigenvalue weighted by Crippen LogP contribution is -2.61. The maximum absolute atomic E-state index is 12.5. The summed E-state index contributed by atoms with van der Waals surface area (Å²) in [7, 11) is 1.64. The van der Waals surface area contributed by atoms with Crippen LogP contribution in [0.15, 0.2) is 12.4 Å². The maximum atomic E-state index is 12.5. The first-order valence-electron chi connectivity index (χ1n) is 8.17. The molecule has 7 heteroatoms. The molecule has 1 N–H and O–H groups in total. The molecule has 0 unspecified atom stereocenters. The number of hydrogen-bond donors (Lipinski definition) is 1. The van der Waals surface area contributed by atoms with Crippen molar-refractivity contribution in [3.05, 3.63) is 18.2 Å². The van der Waals surface area contributed by atoms with E-state index < -0.39 is 0 Å². The lowest BCUT2D eigenvalue weighted by Gasteiger charge is -2.42. The van der Waals surface area contributed by atoms with Crippen molar-refractivity contribution >= 4 is 11.8 Å². The quantitative estimate of drug-likeness (QED) is 0.844. The van der Waals surface area contributed by atoms with Gasteiger partial charge in [-0.05, 0) is 20.8 Å². The molecular formula is C16H27N5O2. The van der Waals surface area contributed by atoms with E-state index in [-0.39, 0.29) is 23.9 Å². The molecule has 0 saturated carbocycles. The summed E-state index contributed by atoms with van der Waals surface area (Å²) in [6.45, 7) is 8.57. The largest absolute Gasteiger partial charge is 0.358 e. The van der Waals surface area contributed by atoms with E-state index in [0.29, 0.717) is 26.1 Å². The maximum Gasteiger partial charge on any atom is 0.238 e.